The van der Waals surface area contributed by atoms with Crippen LogP contribution < -0.4 is 0 Å². The lowest BCUT2D eigenvalue weighted by atomic mass is 10.2. The Bertz CT molecular complexity index is 718. The van der Waals surface area contributed by atoms with E-state index in [0.29, 0.717) is 6.61 Å². The summed E-state index contributed by atoms with van der Waals surface area (Å²) >= 11 is 1.65. The minimum Gasteiger partial charge on any atom is -0.367 e. The van der Waals surface area contributed by atoms with Gasteiger partial charge in [0.25, 0.3) is 0 Å². The molecule has 0 amide bonds. The van der Waals surface area contributed by atoms with Gasteiger partial charge >= 0.3 is 0 Å². The van der Waals surface area contributed by atoms with Gasteiger partial charge in [0.15, 0.2) is 10.8 Å². The van der Waals surface area contributed by atoms with Gasteiger partial charge in [0.1, 0.15) is 11.9 Å². The van der Waals surface area contributed by atoms with Crippen molar-refractivity contribution in [2.75, 3.05) is 19.7 Å². The first-order chi connectivity index (χ1) is 10.3. The minimum absolute atomic E-state index is 0.0626. The number of thiazole rings is 1. The quantitative estimate of drug-likeness (QED) is 0.792. The summed E-state index contributed by atoms with van der Waals surface area (Å²) in [6.07, 6.45) is 4.06. The number of nitrogens with zero attached hydrogens (tertiary/aromatic N) is 5. The molecule has 0 aliphatic carbocycles. The van der Waals surface area contributed by atoms with Gasteiger partial charge in [-0.15, -0.1) is 11.3 Å². The van der Waals surface area contributed by atoms with Crippen LogP contribution in [0.4, 0.5) is 0 Å². The second-order valence-electron chi connectivity index (χ2n) is 5.20. The first kappa shape index (κ1) is 12.9. The summed E-state index contributed by atoms with van der Waals surface area (Å²) < 4.78 is 7.85. The van der Waals surface area contributed by atoms with Crippen molar-refractivity contribution in [2.24, 2.45) is 0 Å². The van der Waals surface area contributed by atoms with E-state index in [0.717, 1.165) is 41.9 Å². The molecule has 1 N–H and O–H groups in total. The van der Waals surface area contributed by atoms with Gasteiger partial charge in [-0.1, -0.05) is 0 Å². The van der Waals surface area contributed by atoms with Crippen molar-refractivity contribution in [1.82, 2.24) is 29.5 Å². The summed E-state index contributed by atoms with van der Waals surface area (Å²) in [4.78, 5) is 12.4. The molecule has 1 aliphatic heterocycles. The van der Waals surface area contributed by atoms with E-state index in [2.05, 4.69) is 35.7 Å². The molecular weight excluding hydrogens is 288 g/mol. The highest BCUT2D eigenvalue weighted by molar-refractivity contribution is 7.15. The van der Waals surface area contributed by atoms with E-state index in [9.17, 15) is 0 Å². The van der Waals surface area contributed by atoms with E-state index >= 15 is 0 Å². The van der Waals surface area contributed by atoms with Crippen LogP contribution in [0.15, 0.2) is 17.8 Å². The average molecular weight is 304 g/mol. The van der Waals surface area contributed by atoms with Crippen molar-refractivity contribution in [2.45, 2.75) is 19.6 Å². The fourth-order valence-corrected chi connectivity index (χ4v) is 3.31. The summed E-state index contributed by atoms with van der Waals surface area (Å²) in [7, 11) is 0. The van der Waals surface area contributed by atoms with Crippen LogP contribution in [0.25, 0.3) is 4.96 Å². The molecule has 1 unspecified atom stereocenters. The lowest BCUT2D eigenvalue weighted by molar-refractivity contribution is -0.0373. The Labute approximate surface area is 125 Å². The maximum Gasteiger partial charge on any atom is 0.193 e. The number of imidazole rings is 1. The average Bonchev–Trinajstić information content (AvgIpc) is 3.15. The molecule has 1 fully saturated rings. The van der Waals surface area contributed by atoms with Gasteiger partial charge in [0, 0.05) is 37.4 Å². The van der Waals surface area contributed by atoms with E-state index in [1.165, 1.54) is 0 Å². The molecule has 1 aliphatic rings. The summed E-state index contributed by atoms with van der Waals surface area (Å²) in [6.45, 7) is 5.13. The lowest BCUT2D eigenvalue weighted by Crippen LogP contribution is -2.38. The fraction of sp³-hybridized carbons (Fsp3) is 0.462. The Balaban J connectivity index is 1.46. The lowest BCUT2D eigenvalue weighted by Gasteiger charge is -2.30. The number of ether oxygens (including phenoxy) is 1. The molecule has 110 valence electrons. The van der Waals surface area contributed by atoms with Gasteiger partial charge in [0.2, 0.25) is 0 Å². The van der Waals surface area contributed by atoms with E-state index < -0.39 is 0 Å². The van der Waals surface area contributed by atoms with Gasteiger partial charge in [-0.3, -0.25) is 14.4 Å². The van der Waals surface area contributed by atoms with Crippen molar-refractivity contribution >= 4 is 16.3 Å². The topological polar surface area (TPSA) is 71.3 Å². The van der Waals surface area contributed by atoms with E-state index in [4.69, 9.17) is 4.74 Å². The van der Waals surface area contributed by atoms with E-state index in [1.54, 1.807) is 11.3 Å². The molecule has 0 spiro atoms. The first-order valence-corrected chi connectivity index (χ1v) is 7.80. The summed E-state index contributed by atoms with van der Waals surface area (Å²) in [6, 6.07) is 0. The van der Waals surface area contributed by atoms with Crippen LogP contribution in [0.5, 0.6) is 0 Å². The number of hydrogen-bond acceptors (Lipinski definition) is 6. The van der Waals surface area contributed by atoms with E-state index in [-0.39, 0.29) is 6.10 Å². The van der Waals surface area contributed by atoms with Crippen LogP contribution in [0.3, 0.4) is 0 Å². The molecule has 3 aromatic rings. The van der Waals surface area contributed by atoms with Crippen LogP contribution in [0.2, 0.25) is 0 Å². The number of hydrogen-bond donors (Lipinski definition) is 1. The smallest absolute Gasteiger partial charge is 0.193 e. The van der Waals surface area contributed by atoms with Crippen molar-refractivity contribution in [1.29, 1.82) is 0 Å². The standard InChI is InChI=1S/C13H16N6OS/c1-9-14-12(17-16-9)11-8-18(2-4-20-11)6-10-7-19-3-5-21-13(19)15-10/h3,5,7,11H,2,4,6,8H2,1H3,(H,14,16,17). The zero-order valence-corrected chi connectivity index (χ0v) is 12.5. The minimum atomic E-state index is -0.0626. The maximum atomic E-state index is 5.78. The molecule has 0 bridgehead atoms. The third kappa shape index (κ3) is 2.57. The summed E-state index contributed by atoms with van der Waals surface area (Å²) in [5.41, 5.74) is 1.09. The second-order valence-corrected chi connectivity index (χ2v) is 6.07. The fourth-order valence-electron chi connectivity index (χ4n) is 2.59. The number of aromatic nitrogens is 5. The molecule has 3 aromatic heterocycles. The first-order valence-electron chi connectivity index (χ1n) is 6.92. The molecule has 0 aromatic carbocycles. The van der Waals surface area contributed by atoms with Crippen molar-refractivity contribution in [3.8, 4) is 0 Å². The molecule has 8 heteroatoms. The maximum absolute atomic E-state index is 5.78. The van der Waals surface area contributed by atoms with Crippen molar-refractivity contribution < 1.29 is 4.74 Å². The van der Waals surface area contributed by atoms with Crippen LogP contribution >= 0.6 is 11.3 Å². The van der Waals surface area contributed by atoms with Gasteiger partial charge in [-0.05, 0) is 6.92 Å². The highest BCUT2D eigenvalue weighted by Crippen LogP contribution is 2.21. The Kier molecular flexibility index (Phi) is 3.21. The normalized spacial score (nSPS) is 20.3. The third-order valence-electron chi connectivity index (χ3n) is 3.58. The van der Waals surface area contributed by atoms with Crippen LogP contribution in [-0.2, 0) is 11.3 Å². The van der Waals surface area contributed by atoms with Gasteiger partial charge in [-0.2, -0.15) is 5.10 Å². The summed E-state index contributed by atoms with van der Waals surface area (Å²) in [5, 5.41) is 9.12. The number of fused-ring (bicyclic) bond motifs is 1. The number of morpholine rings is 1. The SMILES string of the molecule is Cc1nc(C2CN(Cc3cn4ccsc4n3)CCO2)n[nH]1. The number of nitrogens with one attached hydrogen (secondary N) is 1. The Morgan fingerprint density at radius 2 is 2.43 bits per heavy atom. The van der Waals surface area contributed by atoms with Crippen LogP contribution in [0.1, 0.15) is 23.4 Å². The molecular formula is C13H16N6OS. The predicted molar refractivity (Wildman–Crippen MR) is 78.2 cm³/mol. The van der Waals surface area contributed by atoms with Crippen molar-refractivity contribution in [3.05, 3.63) is 35.1 Å². The number of aryl methyl sites for hydroxylation is 1. The highest BCUT2D eigenvalue weighted by Gasteiger charge is 2.25. The number of H-pyrrole nitrogens is 1. The number of rotatable bonds is 3. The van der Waals surface area contributed by atoms with E-state index in [1.807, 2.05) is 18.5 Å². The molecule has 7 nitrogen and oxygen atoms in total. The van der Waals surface area contributed by atoms with Crippen LogP contribution in [0, 0.1) is 6.92 Å². The Hall–Kier alpha value is -1.77. The highest BCUT2D eigenvalue weighted by atomic mass is 32.1. The zero-order chi connectivity index (χ0) is 14.2. The predicted octanol–water partition coefficient (Wildman–Crippen LogP) is 1.40. The van der Waals surface area contributed by atoms with Crippen molar-refractivity contribution in [3.63, 3.8) is 0 Å². The van der Waals surface area contributed by atoms with Gasteiger partial charge < -0.3 is 4.74 Å². The molecule has 1 atom stereocenters. The van der Waals surface area contributed by atoms with Gasteiger partial charge in [-0.25, -0.2) is 9.97 Å². The second kappa shape index (κ2) is 5.21. The molecule has 0 saturated carbocycles. The monoisotopic (exact) mass is 304 g/mol. The molecule has 0 radical (unpaired) electrons. The Morgan fingerprint density at radius 1 is 1.48 bits per heavy atom. The van der Waals surface area contributed by atoms with Crippen LogP contribution in [-0.4, -0.2) is 49.2 Å². The zero-order valence-electron chi connectivity index (χ0n) is 11.7. The molecule has 1 saturated heterocycles. The summed E-state index contributed by atoms with van der Waals surface area (Å²) in [5.74, 6) is 1.56. The Morgan fingerprint density at radius 3 is 3.24 bits per heavy atom. The largest absolute Gasteiger partial charge is 0.367 e. The third-order valence-corrected chi connectivity index (χ3v) is 4.35. The van der Waals surface area contributed by atoms with Gasteiger partial charge in [0.05, 0.1) is 12.3 Å². The molecule has 21 heavy (non-hydrogen) atoms. The number of aromatic amines is 1. The molecule has 4 rings (SSSR count). The molecule has 4 heterocycles.